The molecule has 2 unspecified atom stereocenters. The van der Waals surface area contributed by atoms with Crippen LogP contribution >= 0.6 is 22.9 Å². The smallest absolute Gasteiger partial charge is 0.309 e. The minimum atomic E-state index is -0.927. The molecule has 0 spiro atoms. The van der Waals surface area contributed by atoms with E-state index < -0.39 is 23.6 Å². The Kier molecular flexibility index (Phi) is 9.91. The number of methoxy groups -OCH3 is 2. The minimum absolute atomic E-state index is 0.110. The molecule has 9 nitrogen and oxygen atoms in total. The Balaban J connectivity index is 1.73. The molecule has 1 aliphatic rings. The number of hydrogen-bond acceptors (Lipinski definition) is 8. The van der Waals surface area contributed by atoms with Gasteiger partial charge in [0, 0.05) is 45.8 Å². The van der Waals surface area contributed by atoms with Crippen LogP contribution in [0.25, 0.3) is 0 Å². The van der Waals surface area contributed by atoms with Crippen LogP contribution in [-0.4, -0.2) is 60.5 Å². The lowest BCUT2D eigenvalue weighted by molar-refractivity contribution is -0.136. The highest BCUT2D eigenvalue weighted by Crippen LogP contribution is 2.45. The average Bonchev–Trinajstić information content (AvgIpc) is 3.35. The van der Waals surface area contributed by atoms with E-state index in [-0.39, 0.29) is 25.5 Å². The summed E-state index contributed by atoms with van der Waals surface area (Å²) in [5, 5.41) is 22.2. The van der Waals surface area contributed by atoms with Gasteiger partial charge in [0.2, 0.25) is 0 Å². The van der Waals surface area contributed by atoms with Crippen molar-refractivity contribution in [2.24, 2.45) is 5.41 Å². The first-order chi connectivity index (χ1) is 19.6. The standard InChI is InChI=1S/C30H35ClN2O7S/c1-30(2,17-34)16-33-22-12-11-18(31)13-21(22)27(20-7-5-8-23(38-3)28(20)39-4)40-24(29(33)37)9-6-10-25-32-19(15-41-25)14-26(35)36/h5,7-8,11-13,15,24,27,34H,6,9-10,14,16-17H2,1-4H3,(H,35,36). The van der Waals surface area contributed by atoms with Crippen LogP contribution in [-0.2, 0) is 27.2 Å². The molecule has 0 saturated heterocycles. The van der Waals surface area contributed by atoms with Gasteiger partial charge in [-0.15, -0.1) is 11.3 Å². The molecule has 11 heteroatoms. The lowest BCUT2D eigenvalue weighted by atomic mass is 9.92. The van der Waals surface area contributed by atoms with E-state index in [0.29, 0.717) is 58.3 Å². The van der Waals surface area contributed by atoms with Crippen molar-refractivity contribution in [1.29, 1.82) is 0 Å². The van der Waals surface area contributed by atoms with Gasteiger partial charge in [-0.2, -0.15) is 0 Å². The second-order valence-corrected chi connectivity index (χ2v) is 12.1. The summed E-state index contributed by atoms with van der Waals surface area (Å²) in [6.45, 7) is 3.96. The molecule has 220 valence electrons. The summed E-state index contributed by atoms with van der Waals surface area (Å²) >= 11 is 7.89. The normalized spacial score (nSPS) is 17.2. The minimum Gasteiger partial charge on any atom is -0.493 e. The van der Waals surface area contributed by atoms with E-state index in [9.17, 15) is 14.7 Å². The topological polar surface area (TPSA) is 118 Å². The van der Waals surface area contributed by atoms with Crippen LogP contribution in [0.1, 0.15) is 54.6 Å². The molecule has 41 heavy (non-hydrogen) atoms. The average molecular weight is 603 g/mol. The zero-order chi connectivity index (χ0) is 29.7. The maximum absolute atomic E-state index is 14.2. The summed E-state index contributed by atoms with van der Waals surface area (Å²) < 4.78 is 18.0. The van der Waals surface area contributed by atoms with Crippen molar-refractivity contribution in [3.05, 3.63) is 68.6 Å². The fourth-order valence-electron chi connectivity index (χ4n) is 4.90. The third-order valence-electron chi connectivity index (χ3n) is 6.92. The second kappa shape index (κ2) is 13.2. The number of rotatable bonds is 12. The van der Waals surface area contributed by atoms with Crippen molar-refractivity contribution in [2.75, 3.05) is 32.3 Å². The van der Waals surface area contributed by atoms with Gasteiger partial charge in [-0.05, 0) is 43.5 Å². The van der Waals surface area contributed by atoms with Gasteiger partial charge in [-0.1, -0.05) is 37.6 Å². The van der Waals surface area contributed by atoms with Crippen LogP contribution in [0.3, 0.4) is 0 Å². The molecule has 1 aromatic heterocycles. The molecule has 1 aliphatic heterocycles. The van der Waals surface area contributed by atoms with Gasteiger partial charge >= 0.3 is 5.97 Å². The number of benzene rings is 2. The van der Waals surface area contributed by atoms with Crippen molar-refractivity contribution < 1.29 is 34.0 Å². The molecular weight excluding hydrogens is 568 g/mol. The van der Waals surface area contributed by atoms with Crippen LogP contribution in [0, 0.1) is 5.41 Å². The molecule has 2 aromatic carbocycles. The third kappa shape index (κ3) is 7.19. The number of anilines is 1. The number of thiazole rings is 1. The highest BCUT2D eigenvalue weighted by molar-refractivity contribution is 7.09. The number of aryl methyl sites for hydroxylation is 1. The number of ether oxygens (including phenoxy) is 3. The van der Waals surface area contributed by atoms with Crippen LogP contribution in [0.5, 0.6) is 11.5 Å². The zero-order valence-corrected chi connectivity index (χ0v) is 25.1. The Morgan fingerprint density at radius 3 is 2.66 bits per heavy atom. The lowest BCUT2D eigenvalue weighted by Crippen LogP contribution is -2.45. The molecule has 0 aliphatic carbocycles. The number of carbonyl (C=O) groups is 2. The number of para-hydroxylation sites is 1. The SMILES string of the molecule is COc1cccc(C2OC(CCCc3nc(CC(=O)O)cs3)C(=O)N(CC(C)(C)CO)c3ccc(Cl)cc32)c1OC. The van der Waals surface area contributed by atoms with Crippen molar-refractivity contribution in [3.63, 3.8) is 0 Å². The number of amides is 1. The van der Waals surface area contributed by atoms with E-state index in [2.05, 4.69) is 4.98 Å². The molecule has 0 saturated carbocycles. The monoisotopic (exact) mass is 602 g/mol. The predicted molar refractivity (Wildman–Crippen MR) is 157 cm³/mol. The van der Waals surface area contributed by atoms with Crippen LogP contribution < -0.4 is 14.4 Å². The molecule has 2 N–H and O–H groups in total. The molecule has 4 rings (SSSR count). The molecule has 0 radical (unpaired) electrons. The molecule has 2 atom stereocenters. The number of aromatic nitrogens is 1. The maximum atomic E-state index is 14.2. The fourth-order valence-corrected chi connectivity index (χ4v) is 5.92. The van der Waals surface area contributed by atoms with E-state index in [1.54, 1.807) is 42.7 Å². The molecule has 0 fully saturated rings. The predicted octanol–water partition coefficient (Wildman–Crippen LogP) is 5.30. The Labute approximate surface area is 248 Å². The summed E-state index contributed by atoms with van der Waals surface area (Å²) in [4.78, 5) is 31.3. The van der Waals surface area contributed by atoms with Gasteiger partial charge < -0.3 is 29.3 Å². The van der Waals surface area contributed by atoms with Crippen LogP contribution in [0.15, 0.2) is 41.8 Å². The lowest BCUT2D eigenvalue weighted by Gasteiger charge is -2.32. The van der Waals surface area contributed by atoms with Gasteiger partial charge in [0.25, 0.3) is 5.91 Å². The van der Waals surface area contributed by atoms with Crippen molar-refractivity contribution in [3.8, 4) is 11.5 Å². The zero-order valence-electron chi connectivity index (χ0n) is 23.6. The third-order valence-corrected chi connectivity index (χ3v) is 8.12. The number of hydrogen-bond donors (Lipinski definition) is 2. The first-order valence-electron chi connectivity index (χ1n) is 13.3. The number of fused-ring (bicyclic) bond motifs is 1. The Bertz CT molecular complexity index is 1390. The summed E-state index contributed by atoms with van der Waals surface area (Å²) in [5.74, 6) is -0.118. The number of nitrogens with zero attached hydrogens (tertiary/aromatic N) is 2. The fraction of sp³-hybridized carbons (Fsp3) is 0.433. The van der Waals surface area contributed by atoms with Gasteiger partial charge in [-0.3, -0.25) is 9.59 Å². The number of aliphatic hydroxyl groups is 1. The summed E-state index contributed by atoms with van der Waals surface area (Å²) in [7, 11) is 3.12. The second-order valence-electron chi connectivity index (χ2n) is 10.7. The number of halogens is 1. The Morgan fingerprint density at radius 2 is 1.98 bits per heavy atom. The first-order valence-corrected chi connectivity index (χ1v) is 14.6. The van der Waals surface area contributed by atoms with E-state index >= 15 is 0 Å². The van der Waals surface area contributed by atoms with Gasteiger partial charge in [0.05, 0.1) is 31.3 Å². The first kappa shape index (κ1) is 30.8. The molecule has 2 heterocycles. The van der Waals surface area contributed by atoms with E-state index in [4.69, 9.17) is 30.9 Å². The quantitative estimate of drug-likeness (QED) is 0.287. The molecule has 1 amide bonds. The Morgan fingerprint density at radius 1 is 1.20 bits per heavy atom. The van der Waals surface area contributed by atoms with E-state index in [1.807, 2.05) is 32.0 Å². The van der Waals surface area contributed by atoms with Crippen LogP contribution in [0.2, 0.25) is 5.02 Å². The number of carboxylic acid groups (broad SMARTS) is 1. The maximum Gasteiger partial charge on any atom is 0.309 e. The summed E-state index contributed by atoms with van der Waals surface area (Å²) in [6.07, 6.45) is -0.0888. The van der Waals surface area contributed by atoms with Gasteiger partial charge in [0.1, 0.15) is 12.2 Å². The number of carboxylic acids is 1. The highest BCUT2D eigenvalue weighted by atomic mass is 35.5. The highest BCUT2D eigenvalue weighted by Gasteiger charge is 2.39. The van der Waals surface area contributed by atoms with E-state index in [0.717, 1.165) is 5.01 Å². The van der Waals surface area contributed by atoms with E-state index in [1.165, 1.54) is 11.3 Å². The number of carbonyl (C=O) groups excluding carboxylic acids is 1. The molecule has 3 aromatic rings. The van der Waals surface area contributed by atoms with Crippen molar-refractivity contribution in [1.82, 2.24) is 4.98 Å². The largest absolute Gasteiger partial charge is 0.493 e. The number of aliphatic hydroxyl groups excluding tert-OH is 1. The summed E-state index contributed by atoms with van der Waals surface area (Å²) in [6, 6.07) is 10.9. The Hall–Kier alpha value is -3.18. The van der Waals surface area contributed by atoms with Crippen LogP contribution in [0.4, 0.5) is 5.69 Å². The van der Waals surface area contributed by atoms with Crippen molar-refractivity contribution in [2.45, 2.75) is 51.7 Å². The van der Waals surface area contributed by atoms with Crippen molar-refractivity contribution >= 4 is 40.5 Å². The van der Waals surface area contributed by atoms with Gasteiger partial charge in [-0.25, -0.2) is 4.98 Å². The van der Waals surface area contributed by atoms with Gasteiger partial charge in [0.15, 0.2) is 11.5 Å². The molecular formula is C30H35ClN2O7S. The molecule has 0 bridgehead atoms. The number of aliphatic carboxylic acids is 1. The summed E-state index contributed by atoms with van der Waals surface area (Å²) in [5.41, 5.74) is 1.98.